The number of carboxylic acids is 1. The van der Waals surface area contributed by atoms with Crippen molar-refractivity contribution in [1.82, 2.24) is 24.3 Å². The maximum absolute atomic E-state index is 11.4. The summed E-state index contributed by atoms with van der Waals surface area (Å²) in [5.41, 5.74) is 2.34. The monoisotopic (exact) mass is 359 g/mol. The number of carbonyl (C=O) groups is 1. The highest BCUT2D eigenvalue weighted by Gasteiger charge is 2.26. The van der Waals surface area contributed by atoms with Gasteiger partial charge < -0.3 is 5.11 Å². The largest absolute Gasteiger partial charge is 0.476 e. The topological polar surface area (TPSA) is 85.8 Å². The Labute approximate surface area is 133 Å². The number of benzene rings is 1. The summed E-state index contributed by atoms with van der Waals surface area (Å²) in [7, 11) is 0. The van der Waals surface area contributed by atoms with Crippen LogP contribution in [0.2, 0.25) is 0 Å². The number of hydrogen-bond donors (Lipinski definition) is 1. The van der Waals surface area contributed by atoms with Crippen LogP contribution in [-0.4, -0.2) is 35.4 Å². The van der Waals surface area contributed by atoms with Crippen molar-refractivity contribution in [2.24, 2.45) is 0 Å². The number of imidazole rings is 1. The summed E-state index contributed by atoms with van der Waals surface area (Å²) < 4.78 is 4.42. The van der Waals surface area contributed by atoms with Crippen molar-refractivity contribution in [3.05, 3.63) is 46.2 Å². The number of rotatable bonds is 1. The molecule has 0 aliphatic carbocycles. The van der Waals surface area contributed by atoms with Crippen LogP contribution in [0.3, 0.4) is 0 Å². The second kappa shape index (κ2) is 4.51. The molecule has 22 heavy (non-hydrogen) atoms. The Kier molecular flexibility index (Phi) is 2.70. The van der Waals surface area contributed by atoms with Gasteiger partial charge in [0.05, 0.1) is 17.9 Å². The van der Waals surface area contributed by atoms with Gasteiger partial charge >= 0.3 is 5.97 Å². The fourth-order valence-corrected chi connectivity index (χ4v) is 3.08. The summed E-state index contributed by atoms with van der Waals surface area (Å²) in [5, 5.41) is 13.7. The smallest absolute Gasteiger partial charge is 0.356 e. The second-order valence-corrected chi connectivity index (χ2v) is 5.93. The van der Waals surface area contributed by atoms with Crippen molar-refractivity contribution >= 4 is 21.9 Å². The van der Waals surface area contributed by atoms with Gasteiger partial charge in [0.1, 0.15) is 12.2 Å². The maximum atomic E-state index is 11.4. The fourth-order valence-electron chi connectivity index (χ4n) is 2.72. The maximum Gasteiger partial charge on any atom is 0.356 e. The molecule has 1 N–H and O–H groups in total. The molecule has 7 nitrogen and oxygen atoms in total. The van der Waals surface area contributed by atoms with Crippen LogP contribution in [-0.2, 0) is 6.54 Å². The van der Waals surface area contributed by atoms with Crippen molar-refractivity contribution < 1.29 is 9.90 Å². The van der Waals surface area contributed by atoms with E-state index in [1.165, 1.54) is 6.33 Å². The van der Waals surface area contributed by atoms with Crippen molar-refractivity contribution in [3.63, 3.8) is 0 Å². The molecule has 1 aliphatic rings. The lowest BCUT2D eigenvalue weighted by atomic mass is 10.1. The van der Waals surface area contributed by atoms with Gasteiger partial charge in [-0.1, -0.05) is 15.9 Å². The van der Waals surface area contributed by atoms with Crippen molar-refractivity contribution in [2.75, 3.05) is 0 Å². The zero-order valence-corrected chi connectivity index (χ0v) is 13.1. The molecule has 8 heteroatoms. The molecule has 1 aliphatic heterocycles. The third-order valence-electron chi connectivity index (χ3n) is 3.61. The van der Waals surface area contributed by atoms with Gasteiger partial charge in [-0.2, -0.15) is 5.10 Å². The Bertz CT molecular complexity index is 927. The van der Waals surface area contributed by atoms with Gasteiger partial charge in [-0.25, -0.2) is 19.4 Å². The Morgan fingerprint density at radius 2 is 2.23 bits per heavy atom. The summed E-state index contributed by atoms with van der Waals surface area (Å²) in [6.45, 7) is 2.12. The van der Waals surface area contributed by atoms with Crippen LogP contribution in [0, 0.1) is 6.92 Å². The minimum absolute atomic E-state index is 0.0369. The molecule has 0 radical (unpaired) electrons. The first-order valence-electron chi connectivity index (χ1n) is 6.56. The lowest BCUT2D eigenvalue weighted by Gasteiger charge is -2.08. The zero-order valence-electron chi connectivity index (χ0n) is 11.5. The highest BCUT2D eigenvalue weighted by molar-refractivity contribution is 9.10. The average Bonchev–Trinajstić information content (AvgIpc) is 3.01. The predicted octanol–water partition coefficient (Wildman–Crippen LogP) is 2.26. The Balaban J connectivity index is 2.09. The summed E-state index contributed by atoms with van der Waals surface area (Å²) in [6.07, 6.45) is 1.53. The molecule has 3 heterocycles. The zero-order chi connectivity index (χ0) is 15.4. The van der Waals surface area contributed by atoms with Gasteiger partial charge in [-0.15, -0.1) is 0 Å². The van der Waals surface area contributed by atoms with E-state index in [2.05, 4.69) is 31.0 Å². The number of carboxylic acid groups (broad SMARTS) is 1. The first kappa shape index (κ1) is 13.2. The van der Waals surface area contributed by atoms with Crippen LogP contribution in [0.4, 0.5) is 0 Å². The molecular formula is C14H10BrN5O2. The van der Waals surface area contributed by atoms with E-state index < -0.39 is 5.97 Å². The Hall–Kier alpha value is -2.48. The quantitative estimate of drug-likeness (QED) is 0.563. The van der Waals surface area contributed by atoms with E-state index in [1.807, 2.05) is 25.1 Å². The van der Waals surface area contributed by atoms with Gasteiger partial charge in [0, 0.05) is 10.0 Å². The van der Waals surface area contributed by atoms with Crippen LogP contribution in [0.1, 0.15) is 22.0 Å². The first-order chi connectivity index (χ1) is 10.5. The van der Waals surface area contributed by atoms with Gasteiger partial charge in [-0.05, 0) is 25.1 Å². The van der Waals surface area contributed by atoms with Crippen LogP contribution >= 0.6 is 15.9 Å². The summed E-state index contributed by atoms with van der Waals surface area (Å²) in [5.74, 6) is 0.312. The molecule has 4 rings (SSSR count). The molecule has 0 bridgehead atoms. The number of halogens is 1. The second-order valence-electron chi connectivity index (χ2n) is 5.02. The van der Waals surface area contributed by atoms with Gasteiger partial charge in [0.15, 0.2) is 11.5 Å². The van der Waals surface area contributed by atoms with Crippen LogP contribution in [0.5, 0.6) is 0 Å². The summed E-state index contributed by atoms with van der Waals surface area (Å²) >= 11 is 3.47. The molecule has 110 valence electrons. The lowest BCUT2D eigenvalue weighted by Crippen LogP contribution is -2.10. The van der Waals surface area contributed by atoms with Gasteiger partial charge in [0.2, 0.25) is 0 Å². The molecular weight excluding hydrogens is 350 g/mol. The number of aromatic nitrogens is 5. The molecule has 2 aromatic heterocycles. The number of aryl methyl sites for hydroxylation is 1. The van der Waals surface area contributed by atoms with E-state index in [4.69, 9.17) is 0 Å². The SMILES string of the molecule is Cc1nc2n(n1)Cc1c(C(=O)O)ncn1-c1ccc(Br)cc1-2. The molecule has 3 aromatic rings. The predicted molar refractivity (Wildman–Crippen MR) is 81.1 cm³/mol. The normalized spacial score (nSPS) is 12.3. The van der Waals surface area contributed by atoms with Crippen LogP contribution < -0.4 is 0 Å². The van der Waals surface area contributed by atoms with E-state index >= 15 is 0 Å². The molecule has 1 aromatic carbocycles. The highest BCUT2D eigenvalue weighted by atomic mass is 79.9. The minimum Gasteiger partial charge on any atom is -0.476 e. The van der Waals surface area contributed by atoms with E-state index in [9.17, 15) is 9.90 Å². The lowest BCUT2D eigenvalue weighted by molar-refractivity contribution is 0.0689. The van der Waals surface area contributed by atoms with E-state index in [0.717, 1.165) is 15.7 Å². The molecule has 0 spiro atoms. The molecule has 0 amide bonds. The van der Waals surface area contributed by atoms with Crippen LogP contribution in [0.15, 0.2) is 29.0 Å². The number of aromatic carboxylic acids is 1. The Morgan fingerprint density at radius 3 is 3.00 bits per heavy atom. The Morgan fingerprint density at radius 1 is 1.41 bits per heavy atom. The number of hydrogen-bond acceptors (Lipinski definition) is 4. The van der Waals surface area contributed by atoms with Crippen molar-refractivity contribution in [2.45, 2.75) is 13.5 Å². The third kappa shape index (κ3) is 1.80. The van der Waals surface area contributed by atoms with Crippen molar-refractivity contribution in [3.8, 4) is 17.1 Å². The first-order valence-corrected chi connectivity index (χ1v) is 7.35. The third-order valence-corrected chi connectivity index (χ3v) is 4.10. The van der Waals surface area contributed by atoms with E-state index in [1.54, 1.807) is 9.25 Å². The average molecular weight is 360 g/mol. The molecule has 0 saturated heterocycles. The van der Waals surface area contributed by atoms with Crippen LogP contribution in [0.25, 0.3) is 17.1 Å². The highest BCUT2D eigenvalue weighted by Crippen LogP contribution is 2.33. The standard InChI is InChI=1S/C14H10BrN5O2/c1-7-17-13-9-4-8(15)2-3-10(9)19-6-16-12(14(21)22)11(19)5-20(13)18-7/h2-4,6H,5H2,1H3,(H,21,22). The number of fused-ring (bicyclic) bond motifs is 5. The number of nitrogens with zero attached hydrogens (tertiary/aromatic N) is 5. The molecule has 0 atom stereocenters. The summed E-state index contributed by atoms with van der Waals surface area (Å²) in [4.78, 5) is 19.9. The molecule has 0 unspecified atom stereocenters. The van der Waals surface area contributed by atoms with Gasteiger partial charge in [-0.3, -0.25) is 4.57 Å². The van der Waals surface area contributed by atoms with Gasteiger partial charge in [0.25, 0.3) is 0 Å². The summed E-state index contributed by atoms with van der Waals surface area (Å²) in [6, 6.07) is 5.77. The molecule has 0 saturated carbocycles. The van der Waals surface area contributed by atoms with Crippen molar-refractivity contribution in [1.29, 1.82) is 0 Å². The van der Waals surface area contributed by atoms with E-state index in [0.29, 0.717) is 23.9 Å². The fraction of sp³-hybridized carbons (Fsp3) is 0.143. The molecule has 0 fully saturated rings. The van der Waals surface area contributed by atoms with E-state index in [-0.39, 0.29) is 5.69 Å². The minimum atomic E-state index is -1.05.